The molecule has 0 radical (unpaired) electrons. The number of urea groups is 1. The summed E-state index contributed by atoms with van der Waals surface area (Å²) < 4.78 is 2.23. The molecule has 8 heteroatoms. The standard InChI is InChI=1S/C20H20BrN5O2/c1-4-26-19(27)17(9-16(25-26)14-6-5-7-15(21)8-14)23-20(28)24-18-12(2)10-22-11-13(18)3/h5-11H,4H2,1-3H3,(H2,22,23,24,28). The Morgan fingerprint density at radius 2 is 1.86 bits per heavy atom. The average Bonchev–Trinajstić information content (AvgIpc) is 2.66. The van der Waals surface area contributed by atoms with Gasteiger partial charge in [-0.2, -0.15) is 5.10 Å². The summed E-state index contributed by atoms with van der Waals surface area (Å²) >= 11 is 3.44. The molecule has 0 aliphatic rings. The normalized spacial score (nSPS) is 10.6. The van der Waals surface area contributed by atoms with Crippen LogP contribution in [0.5, 0.6) is 0 Å². The number of aromatic nitrogens is 3. The van der Waals surface area contributed by atoms with Crippen molar-refractivity contribution in [1.82, 2.24) is 14.8 Å². The van der Waals surface area contributed by atoms with E-state index < -0.39 is 6.03 Å². The van der Waals surface area contributed by atoms with Crippen molar-refractivity contribution in [3.8, 4) is 11.3 Å². The van der Waals surface area contributed by atoms with Gasteiger partial charge in [-0.15, -0.1) is 0 Å². The lowest BCUT2D eigenvalue weighted by Crippen LogP contribution is -2.30. The van der Waals surface area contributed by atoms with Crippen LogP contribution < -0.4 is 16.2 Å². The molecule has 2 heterocycles. The number of carbonyl (C=O) groups is 1. The van der Waals surface area contributed by atoms with Crippen molar-refractivity contribution in [2.75, 3.05) is 10.6 Å². The molecule has 2 N–H and O–H groups in total. The maximum absolute atomic E-state index is 12.6. The fraction of sp³-hybridized carbons (Fsp3) is 0.200. The molecule has 0 atom stereocenters. The molecular formula is C20H20BrN5O2. The van der Waals surface area contributed by atoms with Crippen molar-refractivity contribution in [1.29, 1.82) is 0 Å². The molecule has 2 amide bonds. The lowest BCUT2D eigenvalue weighted by Gasteiger charge is -2.13. The highest BCUT2D eigenvalue weighted by Crippen LogP contribution is 2.23. The molecule has 2 aromatic heterocycles. The van der Waals surface area contributed by atoms with Gasteiger partial charge in [0.1, 0.15) is 5.69 Å². The number of anilines is 2. The Morgan fingerprint density at radius 1 is 1.14 bits per heavy atom. The average molecular weight is 442 g/mol. The maximum atomic E-state index is 12.6. The Hall–Kier alpha value is -3.00. The third kappa shape index (κ3) is 4.28. The SMILES string of the molecule is CCn1nc(-c2cccc(Br)c2)cc(NC(=O)Nc2c(C)cncc2C)c1=O. The number of amides is 2. The van der Waals surface area contributed by atoms with Crippen molar-refractivity contribution in [3.05, 3.63) is 68.7 Å². The number of halogens is 1. The van der Waals surface area contributed by atoms with Crippen molar-refractivity contribution >= 4 is 33.3 Å². The predicted octanol–water partition coefficient (Wildman–Crippen LogP) is 4.35. The van der Waals surface area contributed by atoms with E-state index in [1.54, 1.807) is 18.5 Å². The van der Waals surface area contributed by atoms with Crippen LogP contribution in [-0.4, -0.2) is 20.8 Å². The molecule has 1 aromatic carbocycles. The number of aryl methyl sites for hydroxylation is 3. The molecule has 144 valence electrons. The Balaban J connectivity index is 1.94. The van der Waals surface area contributed by atoms with Gasteiger partial charge in [-0.05, 0) is 50.1 Å². The minimum absolute atomic E-state index is 0.161. The van der Waals surface area contributed by atoms with Crippen molar-refractivity contribution in [2.24, 2.45) is 0 Å². The molecule has 28 heavy (non-hydrogen) atoms. The summed E-state index contributed by atoms with van der Waals surface area (Å²) in [6.07, 6.45) is 3.34. The van der Waals surface area contributed by atoms with E-state index in [-0.39, 0.29) is 11.2 Å². The lowest BCUT2D eigenvalue weighted by molar-refractivity contribution is 0.262. The highest BCUT2D eigenvalue weighted by molar-refractivity contribution is 9.10. The number of hydrogen-bond acceptors (Lipinski definition) is 4. The van der Waals surface area contributed by atoms with E-state index in [0.717, 1.165) is 21.2 Å². The summed E-state index contributed by atoms with van der Waals surface area (Å²) in [6, 6.07) is 8.68. The second kappa shape index (κ2) is 8.35. The van der Waals surface area contributed by atoms with Crippen molar-refractivity contribution in [3.63, 3.8) is 0 Å². The highest BCUT2D eigenvalue weighted by Gasteiger charge is 2.14. The van der Waals surface area contributed by atoms with Crippen LogP contribution in [-0.2, 0) is 6.54 Å². The van der Waals surface area contributed by atoms with Gasteiger partial charge in [-0.1, -0.05) is 28.1 Å². The zero-order chi connectivity index (χ0) is 20.3. The molecule has 0 spiro atoms. The van der Waals surface area contributed by atoms with Crippen LogP contribution in [0.4, 0.5) is 16.2 Å². The maximum Gasteiger partial charge on any atom is 0.323 e. The molecule has 0 bridgehead atoms. The Labute approximate surface area is 170 Å². The number of rotatable bonds is 4. The van der Waals surface area contributed by atoms with Crippen LogP contribution >= 0.6 is 15.9 Å². The molecule has 0 aliphatic heterocycles. The number of benzene rings is 1. The third-order valence-corrected chi connectivity index (χ3v) is 4.70. The number of nitrogens with zero attached hydrogens (tertiary/aromatic N) is 3. The molecule has 3 aromatic rings. The fourth-order valence-electron chi connectivity index (χ4n) is 2.80. The second-order valence-corrected chi connectivity index (χ2v) is 7.22. The number of pyridine rings is 1. The molecule has 7 nitrogen and oxygen atoms in total. The van der Waals surface area contributed by atoms with Crippen LogP contribution in [0.3, 0.4) is 0 Å². The van der Waals surface area contributed by atoms with Gasteiger partial charge < -0.3 is 10.6 Å². The van der Waals surface area contributed by atoms with Crippen LogP contribution in [0, 0.1) is 13.8 Å². The van der Waals surface area contributed by atoms with Crippen LogP contribution in [0.2, 0.25) is 0 Å². The van der Waals surface area contributed by atoms with Crippen LogP contribution in [0.1, 0.15) is 18.1 Å². The van der Waals surface area contributed by atoms with E-state index in [1.807, 2.05) is 45.0 Å². The molecule has 0 saturated carbocycles. The van der Waals surface area contributed by atoms with E-state index >= 15 is 0 Å². The van der Waals surface area contributed by atoms with E-state index in [2.05, 4.69) is 36.6 Å². The molecule has 0 unspecified atom stereocenters. The monoisotopic (exact) mass is 441 g/mol. The molecule has 0 saturated heterocycles. The summed E-state index contributed by atoms with van der Waals surface area (Å²) in [5, 5.41) is 9.84. The van der Waals surface area contributed by atoms with E-state index in [0.29, 0.717) is 17.9 Å². The summed E-state index contributed by atoms with van der Waals surface area (Å²) in [6.45, 7) is 5.93. The van der Waals surface area contributed by atoms with Crippen molar-refractivity contribution in [2.45, 2.75) is 27.3 Å². The first-order chi connectivity index (χ1) is 13.4. The van der Waals surface area contributed by atoms with Crippen LogP contribution in [0.25, 0.3) is 11.3 Å². The number of carbonyl (C=O) groups excluding carboxylic acids is 1. The van der Waals surface area contributed by atoms with E-state index in [9.17, 15) is 9.59 Å². The first kappa shape index (κ1) is 19.8. The Morgan fingerprint density at radius 3 is 2.50 bits per heavy atom. The van der Waals surface area contributed by atoms with Gasteiger partial charge in [0, 0.05) is 29.0 Å². The fourth-order valence-corrected chi connectivity index (χ4v) is 3.20. The smallest absolute Gasteiger partial charge is 0.307 e. The number of nitrogens with one attached hydrogen (secondary N) is 2. The number of hydrogen-bond donors (Lipinski definition) is 2. The molecule has 0 fully saturated rings. The van der Waals surface area contributed by atoms with Gasteiger partial charge in [0.2, 0.25) is 0 Å². The third-order valence-electron chi connectivity index (χ3n) is 4.21. The Kier molecular flexibility index (Phi) is 5.89. The largest absolute Gasteiger partial charge is 0.323 e. The summed E-state index contributed by atoms with van der Waals surface area (Å²) in [7, 11) is 0. The van der Waals surface area contributed by atoms with Gasteiger partial charge in [0.25, 0.3) is 5.56 Å². The minimum Gasteiger partial charge on any atom is -0.307 e. The first-order valence-corrected chi connectivity index (χ1v) is 9.55. The summed E-state index contributed by atoms with van der Waals surface area (Å²) in [4.78, 5) is 29.2. The predicted molar refractivity (Wildman–Crippen MR) is 114 cm³/mol. The summed E-state index contributed by atoms with van der Waals surface area (Å²) in [5.74, 6) is 0. The molecular weight excluding hydrogens is 422 g/mol. The van der Waals surface area contributed by atoms with Gasteiger partial charge >= 0.3 is 6.03 Å². The van der Waals surface area contributed by atoms with E-state index in [1.165, 1.54) is 4.68 Å². The van der Waals surface area contributed by atoms with Gasteiger partial charge in [0.15, 0.2) is 0 Å². The molecule has 3 rings (SSSR count). The molecule has 0 aliphatic carbocycles. The van der Waals surface area contributed by atoms with Crippen molar-refractivity contribution < 1.29 is 4.79 Å². The quantitative estimate of drug-likeness (QED) is 0.629. The zero-order valence-electron chi connectivity index (χ0n) is 15.8. The minimum atomic E-state index is -0.497. The van der Waals surface area contributed by atoms with Crippen LogP contribution in [0.15, 0.2) is 52.0 Å². The lowest BCUT2D eigenvalue weighted by atomic mass is 10.1. The topological polar surface area (TPSA) is 88.9 Å². The second-order valence-electron chi connectivity index (χ2n) is 6.30. The first-order valence-electron chi connectivity index (χ1n) is 8.76. The van der Waals surface area contributed by atoms with Gasteiger partial charge in [-0.3, -0.25) is 9.78 Å². The van der Waals surface area contributed by atoms with E-state index in [4.69, 9.17) is 0 Å². The zero-order valence-corrected chi connectivity index (χ0v) is 17.4. The Bertz CT molecular complexity index is 1070. The van der Waals surface area contributed by atoms with Gasteiger partial charge in [0.05, 0.1) is 11.4 Å². The van der Waals surface area contributed by atoms with Gasteiger partial charge in [-0.25, -0.2) is 9.48 Å². The highest BCUT2D eigenvalue weighted by atomic mass is 79.9. The summed E-state index contributed by atoms with van der Waals surface area (Å²) in [5.41, 5.74) is 3.57.